The van der Waals surface area contributed by atoms with E-state index in [0.29, 0.717) is 11.1 Å². The van der Waals surface area contributed by atoms with Crippen molar-refractivity contribution in [2.75, 3.05) is 7.11 Å². The lowest BCUT2D eigenvalue weighted by Gasteiger charge is -2.42. The van der Waals surface area contributed by atoms with Crippen LogP contribution >= 0.6 is 0 Å². The van der Waals surface area contributed by atoms with Crippen molar-refractivity contribution in [1.29, 1.82) is 0 Å². The lowest BCUT2D eigenvalue weighted by atomic mass is 9.63. The number of esters is 1. The molecular formula is C24H26O3. The van der Waals surface area contributed by atoms with Crippen molar-refractivity contribution in [3.8, 4) is 11.3 Å². The van der Waals surface area contributed by atoms with Gasteiger partial charge in [0.1, 0.15) is 11.3 Å². The molecule has 0 N–H and O–H groups in total. The number of ether oxygens (including phenoxy) is 1. The highest BCUT2D eigenvalue weighted by Crippen LogP contribution is 2.47. The van der Waals surface area contributed by atoms with E-state index in [1.165, 1.54) is 31.1 Å². The van der Waals surface area contributed by atoms with Crippen LogP contribution < -0.4 is 0 Å². The third-order valence-electron chi connectivity index (χ3n) is 6.08. The van der Waals surface area contributed by atoms with Crippen LogP contribution in [0, 0.1) is 0 Å². The molecule has 2 aromatic carbocycles. The van der Waals surface area contributed by atoms with Crippen LogP contribution in [0.1, 0.15) is 62.0 Å². The van der Waals surface area contributed by atoms with Crippen LogP contribution in [0.25, 0.3) is 22.3 Å². The number of fused-ring (bicyclic) bond motifs is 2. The fourth-order valence-electron chi connectivity index (χ4n) is 4.16. The number of hydrogen-bond acceptors (Lipinski definition) is 3. The summed E-state index contributed by atoms with van der Waals surface area (Å²) in [6.45, 7) is 9.31. The molecule has 0 aliphatic heterocycles. The summed E-state index contributed by atoms with van der Waals surface area (Å²) in [6.07, 6.45) is 2.38. The summed E-state index contributed by atoms with van der Waals surface area (Å²) in [5.41, 5.74) is 5.48. The molecule has 0 saturated heterocycles. The van der Waals surface area contributed by atoms with Crippen LogP contribution in [0.2, 0.25) is 0 Å². The van der Waals surface area contributed by atoms with E-state index < -0.39 is 0 Å². The summed E-state index contributed by atoms with van der Waals surface area (Å²) in [6, 6.07) is 14.2. The van der Waals surface area contributed by atoms with E-state index in [9.17, 15) is 4.79 Å². The first-order valence-corrected chi connectivity index (χ1v) is 9.49. The second-order valence-corrected chi connectivity index (χ2v) is 8.88. The molecule has 1 aromatic heterocycles. The van der Waals surface area contributed by atoms with Crippen LogP contribution in [0.3, 0.4) is 0 Å². The predicted octanol–water partition coefficient (Wildman–Crippen LogP) is 6.24. The smallest absolute Gasteiger partial charge is 0.337 e. The van der Waals surface area contributed by atoms with Crippen molar-refractivity contribution in [3.63, 3.8) is 0 Å². The van der Waals surface area contributed by atoms with Gasteiger partial charge in [0.15, 0.2) is 0 Å². The summed E-state index contributed by atoms with van der Waals surface area (Å²) in [7, 11) is 1.39. The minimum Gasteiger partial charge on any atom is -0.465 e. The molecule has 0 spiro atoms. The van der Waals surface area contributed by atoms with E-state index in [0.717, 1.165) is 16.7 Å². The predicted molar refractivity (Wildman–Crippen MR) is 108 cm³/mol. The Bertz CT molecular complexity index is 1040. The van der Waals surface area contributed by atoms with Gasteiger partial charge in [-0.3, -0.25) is 0 Å². The molecule has 1 aliphatic rings. The average molecular weight is 362 g/mol. The van der Waals surface area contributed by atoms with Crippen molar-refractivity contribution < 1.29 is 13.9 Å². The highest BCUT2D eigenvalue weighted by atomic mass is 16.5. The Morgan fingerprint density at radius 3 is 2.33 bits per heavy atom. The number of benzene rings is 2. The van der Waals surface area contributed by atoms with Gasteiger partial charge < -0.3 is 9.15 Å². The summed E-state index contributed by atoms with van der Waals surface area (Å²) < 4.78 is 10.9. The highest BCUT2D eigenvalue weighted by Gasteiger charge is 2.37. The second kappa shape index (κ2) is 5.98. The molecule has 0 radical (unpaired) electrons. The van der Waals surface area contributed by atoms with Gasteiger partial charge in [-0.05, 0) is 59.1 Å². The van der Waals surface area contributed by atoms with Gasteiger partial charge in [0.25, 0.3) is 0 Å². The monoisotopic (exact) mass is 362 g/mol. The number of carbonyl (C=O) groups is 1. The van der Waals surface area contributed by atoms with Crippen LogP contribution in [0.15, 0.2) is 46.9 Å². The summed E-state index contributed by atoms with van der Waals surface area (Å²) >= 11 is 0. The van der Waals surface area contributed by atoms with E-state index in [4.69, 9.17) is 9.15 Å². The van der Waals surface area contributed by atoms with Crippen molar-refractivity contribution in [2.45, 2.75) is 51.4 Å². The fraction of sp³-hybridized carbons (Fsp3) is 0.375. The van der Waals surface area contributed by atoms with Gasteiger partial charge in [0.05, 0.1) is 12.7 Å². The quantitative estimate of drug-likeness (QED) is 0.507. The maximum atomic E-state index is 11.8. The van der Waals surface area contributed by atoms with Gasteiger partial charge in [-0.25, -0.2) is 4.79 Å². The Hall–Kier alpha value is -2.55. The molecular weight excluding hydrogens is 336 g/mol. The Labute approximate surface area is 160 Å². The first-order valence-electron chi connectivity index (χ1n) is 9.49. The van der Waals surface area contributed by atoms with Crippen molar-refractivity contribution in [3.05, 3.63) is 59.2 Å². The van der Waals surface area contributed by atoms with E-state index in [1.54, 1.807) is 12.1 Å². The third-order valence-corrected chi connectivity index (χ3v) is 6.08. The highest BCUT2D eigenvalue weighted by molar-refractivity contribution is 5.94. The Balaban J connectivity index is 1.81. The fourth-order valence-corrected chi connectivity index (χ4v) is 4.16. The maximum Gasteiger partial charge on any atom is 0.337 e. The van der Waals surface area contributed by atoms with Crippen molar-refractivity contribution in [2.24, 2.45) is 0 Å². The minimum absolute atomic E-state index is 0.158. The van der Waals surface area contributed by atoms with Gasteiger partial charge >= 0.3 is 5.97 Å². The first kappa shape index (κ1) is 17.8. The van der Waals surface area contributed by atoms with E-state index >= 15 is 0 Å². The SMILES string of the molecule is COC(=O)c1ccc2cc(-c3ccc4c(c3)C(C)(C)CCC4(C)C)oc2c1. The van der Waals surface area contributed by atoms with Gasteiger partial charge in [-0.1, -0.05) is 45.9 Å². The van der Waals surface area contributed by atoms with Crippen LogP contribution in [-0.2, 0) is 15.6 Å². The van der Waals surface area contributed by atoms with Gasteiger partial charge in [0, 0.05) is 10.9 Å². The zero-order valence-corrected chi connectivity index (χ0v) is 16.7. The summed E-state index contributed by atoms with van der Waals surface area (Å²) in [5.74, 6) is 0.474. The maximum absolute atomic E-state index is 11.8. The van der Waals surface area contributed by atoms with E-state index in [2.05, 4.69) is 45.9 Å². The summed E-state index contributed by atoms with van der Waals surface area (Å²) in [5, 5.41) is 0.981. The largest absolute Gasteiger partial charge is 0.465 e. The molecule has 0 amide bonds. The standard InChI is InChI=1S/C24H26O3/c1-23(2)10-11-24(3,4)19-12-15(8-9-18(19)23)20-13-16-6-7-17(22(25)26-5)14-21(16)27-20/h6-9,12-14H,10-11H2,1-5H3. The molecule has 0 atom stereocenters. The molecule has 0 fully saturated rings. The van der Waals surface area contributed by atoms with Gasteiger partial charge in [-0.2, -0.15) is 0 Å². The normalized spacial score (nSPS) is 17.5. The third kappa shape index (κ3) is 2.95. The second-order valence-electron chi connectivity index (χ2n) is 8.88. The number of methoxy groups -OCH3 is 1. The zero-order chi connectivity index (χ0) is 19.4. The first-order chi connectivity index (χ1) is 12.7. The molecule has 27 heavy (non-hydrogen) atoms. The number of hydrogen-bond donors (Lipinski definition) is 0. The number of carbonyl (C=O) groups excluding carboxylic acids is 1. The molecule has 140 valence electrons. The molecule has 1 aliphatic carbocycles. The Morgan fingerprint density at radius 1 is 0.926 bits per heavy atom. The molecule has 0 unspecified atom stereocenters. The van der Waals surface area contributed by atoms with Crippen molar-refractivity contribution >= 4 is 16.9 Å². The van der Waals surface area contributed by atoms with Gasteiger partial charge in [-0.15, -0.1) is 0 Å². The molecule has 4 rings (SSSR count). The van der Waals surface area contributed by atoms with Crippen LogP contribution in [0.5, 0.6) is 0 Å². The molecule has 3 heteroatoms. The van der Waals surface area contributed by atoms with Crippen molar-refractivity contribution in [1.82, 2.24) is 0 Å². The number of rotatable bonds is 2. The molecule has 0 bridgehead atoms. The van der Waals surface area contributed by atoms with Crippen LogP contribution in [0.4, 0.5) is 0 Å². The zero-order valence-electron chi connectivity index (χ0n) is 16.7. The summed E-state index contributed by atoms with van der Waals surface area (Å²) in [4.78, 5) is 11.8. The molecule has 3 aromatic rings. The average Bonchev–Trinajstić information content (AvgIpc) is 3.08. The Kier molecular flexibility index (Phi) is 3.95. The Morgan fingerprint density at radius 2 is 1.63 bits per heavy atom. The van der Waals surface area contributed by atoms with E-state index in [-0.39, 0.29) is 16.8 Å². The van der Waals surface area contributed by atoms with Crippen LogP contribution in [-0.4, -0.2) is 13.1 Å². The van der Waals surface area contributed by atoms with Gasteiger partial charge in [0.2, 0.25) is 0 Å². The lowest BCUT2D eigenvalue weighted by molar-refractivity contribution is 0.0601. The number of furan rings is 1. The lowest BCUT2D eigenvalue weighted by Crippen LogP contribution is -2.33. The topological polar surface area (TPSA) is 39.4 Å². The minimum atomic E-state index is -0.354. The molecule has 1 heterocycles. The van der Waals surface area contributed by atoms with E-state index in [1.807, 2.05) is 12.1 Å². The molecule has 0 saturated carbocycles. The molecule has 3 nitrogen and oxygen atoms in total.